The highest BCUT2D eigenvalue weighted by atomic mass is 16.2. The van der Waals surface area contributed by atoms with E-state index in [1.807, 2.05) is 0 Å². The lowest BCUT2D eigenvalue weighted by atomic mass is 9.74. The van der Waals surface area contributed by atoms with Crippen molar-refractivity contribution in [3.05, 3.63) is 0 Å². The van der Waals surface area contributed by atoms with Crippen molar-refractivity contribution in [3.8, 4) is 0 Å². The van der Waals surface area contributed by atoms with E-state index in [1.54, 1.807) is 0 Å². The second-order valence-electron chi connectivity index (χ2n) is 6.43. The summed E-state index contributed by atoms with van der Waals surface area (Å²) in [6.45, 7) is 9.65. The fourth-order valence-electron chi connectivity index (χ4n) is 3.84. The monoisotopic (exact) mass is 252 g/mol. The van der Waals surface area contributed by atoms with Gasteiger partial charge in [-0.15, -0.1) is 0 Å². The molecule has 0 saturated carbocycles. The van der Waals surface area contributed by atoms with Crippen molar-refractivity contribution in [2.45, 2.75) is 58.9 Å². The molecule has 2 saturated heterocycles. The molecule has 2 unspecified atom stereocenters. The van der Waals surface area contributed by atoms with E-state index in [1.165, 1.54) is 6.42 Å². The number of nitrogens with one attached hydrogen (secondary N) is 1. The van der Waals surface area contributed by atoms with E-state index in [2.05, 4.69) is 31.0 Å². The molecule has 0 aromatic heterocycles. The van der Waals surface area contributed by atoms with Crippen LogP contribution in [0.1, 0.15) is 52.9 Å². The van der Waals surface area contributed by atoms with Crippen molar-refractivity contribution < 1.29 is 4.79 Å². The van der Waals surface area contributed by atoms with Gasteiger partial charge in [-0.2, -0.15) is 0 Å². The molecule has 3 nitrogen and oxygen atoms in total. The maximum Gasteiger partial charge on any atom is 0.229 e. The minimum absolute atomic E-state index is 0.0572. The summed E-state index contributed by atoms with van der Waals surface area (Å²) in [4.78, 5) is 15.1. The number of hydrogen-bond acceptors (Lipinski definition) is 2. The number of likely N-dealkylation sites (tertiary alicyclic amines) is 1. The average Bonchev–Trinajstić information content (AvgIpc) is 2.69. The fourth-order valence-corrected chi connectivity index (χ4v) is 3.84. The summed E-state index contributed by atoms with van der Waals surface area (Å²) in [5, 5.41) is 3.39. The van der Waals surface area contributed by atoms with E-state index in [-0.39, 0.29) is 5.41 Å². The van der Waals surface area contributed by atoms with Gasteiger partial charge < -0.3 is 10.2 Å². The number of carbonyl (C=O) groups excluding carboxylic acids is 1. The first kappa shape index (κ1) is 13.9. The third-order valence-corrected chi connectivity index (χ3v) is 4.79. The van der Waals surface area contributed by atoms with Crippen molar-refractivity contribution in [3.63, 3.8) is 0 Å². The van der Waals surface area contributed by atoms with Crippen LogP contribution in [0.25, 0.3) is 0 Å². The number of amides is 1. The van der Waals surface area contributed by atoms with Crippen molar-refractivity contribution in [2.75, 3.05) is 19.6 Å². The van der Waals surface area contributed by atoms with Gasteiger partial charge in [0.05, 0.1) is 5.41 Å². The van der Waals surface area contributed by atoms with Crippen molar-refractivity contribution in [1.82, 2.24) is 10.2 Å². The summed E-state index contributed by atoms with van der Waals surface area (Å²) in [7, 11) is 0. The molecule has 0 aromatic rings. The van der Waals surface area contributed by atoms with Crippen LogP contribution in [0.3, 0.4) is 0 Å². The van der Waals surface area contributed by atoms with Gasteiger partial charge in [-0.1, -0.05) is 20.3 Å². The van der Waals surface area contributed by atoms with Crippen LogP contribution in [-0.4, -0.2) is 36.5 Å². The fraction of sp³-hybridized carbons (Fsp3) is 0.933. The Morgan fingerprint density at radius 3 is 2.50 bits per heavy atom. The zero-order valence-corrected chi connectivity index (χ0v) is 12.2. The molecule has 104 valence electrons. The molecule has 1 N–H and O–H groups in total. The van der Waals surface area contributed by atoms with Gasteiger partial charge in [-0.25, -0.2) is 0 Å². The molecule has 2 heterocycles. The lowest BCUT2D eigenvalue weighted by molar-refractivity contribution is -0.145. The van der Waals surface area contributed by atoms with Gasteiger partial charge in [0, 0.05) is 12.6 Å². The van der Waals surface area contributed by atoms with Crippen LogP contribution in [0, 0.1) is 11.3 Å². The molecule has 0 radical (unpaired) electrons. The molecule has 1 amide bonds. The van der Waals surface area contributed by atoms with E-state index >= 15 is 0 Å². The van der Waals surface area contributed by atoms with E-state index < -0.39 is 0 Å². The Kier molecular flexibility index (Phi) is 4.31. The van der Waals surface area contributed by atoms with Crippen molar-refractivity contribution in [1.29, 1.82) is 0 Å². The number of rotatable bonds is 3. The van der Waals surface area contributed by atoms with E-state index in [4.69, 9.17) is 0 Å². The summed E-state index contributed by atoms with van der Waals surface area (Å²) in [5.41, 5.74) is -0.0572. The quantitative estimate of drug-likeness (QED) is 0.836. The maximum absolute atomic E-state index is 13.0. The molecule has 3 heteroatoms. The van der Waals surface area contributed by atoms with Gasteiger partial charge in [0.2, 0.25) is 5.91 Å². The summed E-state index contributed by atoms with van der Waals surface area (Å²) in [6.07, 6.45) is 5.40. The molecule has 18 heavy (non-hydrogen) atoms. The van der Waals surface area contributed by atoms with Crippen molar-refractivity contribution in [2.24, 2.45) is 11.3 Å². The number of carbonyl (C=O) groups is 1. The third kappa shape index (κ3) is 2.56. The second-order valence-corrected chi connectivity index (χ2v) is 6.43. The summed E-state index contributed by atoms with van der Waals surface area (Å²) < 4.78 is 0. The Hall–Kier alpha value is -0.570. The van der Waals surface area contributed by atoms with Gasteiger partial charge in [0.25, 0.3) is 0 Å². The Morgan fingerprint density at radius 2 is 2.00 bits per heavy atom. The minimum atomic E-state index is -0.0572. The highest BCUT2D eigenvalue weighted by molar-refractivity contribution is 5.83. The van der Waals surface area contributed by atoms with Crippen LogP contribution < -0.4 is 5.32 Å². The molecule has 0 aliphatic carbocycles. The third-order valence-electron chi connectivity index (χ3n) is 4.79. The van der Waals surface area contributed by atoms with Crippen LogP contribution in [-0.2, 0) is 4.79 Å². The molecular formula is C15H28N2O. The Bertz CT molecular complexity index is 291. The standard InChI is InChI=1S/C15H28N2O/c1-4-5-15(6-8-16-9-7-15)14(18)17-11-12(2)10-13(17)3/h12-13,16H,4-11H2,1-3H3. The molecule has 2 rings (SSSR count). The normalized spacial score (nSPS) is 31.6. The Balaban J connectivity index is 2.12. The number of piperidine rings is 1. The summed E-state index contributed by atoms with van der Waals surface area (Å²) >= 11 is 0. The first-order valence-electron chi connectivity index (χ1n) is 7.61. The molecule has 0 aromatic carbocycles. The number of nitrogens with zero attached hydrogens (tertiary/aromatic N) is 1. The van der Waals surface area contributed by atoms with Crippen LogP contribution >= 0.6 is 0 Å². The highest BCUT2D eigenvalue weighted by Crippen LogP contribution is 2.38. The van der Waals surface area contributed by atoms with E-state index in [0.29, 0.717) is 17.9 Å². The average molecular weight is 252 g/mol. The SMILES string of the molecule is CCCC1(C(=O)N2CC(C)CC2C)CCNCC1. The molecule has 2 aliphatic rings. The van der Waals surface area contributed by atoms with Gasteiger partial charge in [0.1, 0.15) is 0 Å². The van der Waals surface area contributed by atoms with Gasteiger partial charge in [-0.3, -0.25) is 4.79 Å². The smallest absolute Gasteiger partial charge is 0.229 e. The molecule has 2 atom stereocenters. The van der Waals surface area contributed by atoms with E-state index in [9.17, 15) is 4.79 Å². The van der Waals surface area contributed by atoms with Crippen LogP contribution in [0.2, 0.25) is 0 Å². The molecule has 2 fully saturated rings. The van der Waals surface area contributed by atoms with Crippen LogP contribution in [0.15, 0.2) is 0 Å². The van der Waals surface area contributed by atoms with Gasteiger partial charge >= 0.3 is 0 Å². The first-order chi connectivity index (χ1) is 8.59. The molecule has 0 spiro atoms. The molecular weight excluding hydrogens is 224 g/mol. The topological polar surface area (TPSA) is 32.3 Å². The predicted molar refractivity (Wildman–Crippen MR) is 74.4 cm³/mol. The summed E-state index contributed by atoms with van der Waals surface area (Å²) in [6, 6.07) is 0.441. The van der Waals surface area contributed by atoms with Crippen molar-refractivity contribution >= 4 is 5.91 Å². The lowest BCUT2D eigenvalue weighted by Crippen LogP contribution is -2.50. The van der Waals surface area contributed by atoms with Crippen LogP contribution in [0.4, 0.5) is 0 Å². The Labute approximate surface area is 111 Å². The van der Waals surface area contributed by atoms with Crippen LogP contribution in [0.5, 0.6) is 0 Å². The minimum Gasteiger partial charge on any atom is -0.339 e. The zero-order valence-electron chi connectivity index (χ0n) is 12.2. The maximum atomic E-state index is 13.0. The number of hydrogen-bond donors (Lipinski definition) is 1. The Morgan fingerprint density at radius 1 is 1.33 bits per heavy atom. The first-order valence-corrected chi connectivity index (χ1v) is 7.61. The summed E-state index contributed by atoms with van der Waals surface area (Å²) in [5.74, 6) is 1.12. The highest BCUT2D eigenvalue weighted by Gasteiger charge is 2.44. The van der Waals surface area contributed by atoms with Gasteiger partial charge in [-0.05, 0) is 51.6 Å². The van der Waals surface area contributed by atoms with Gasteiger partial charge in [0.15, 0.2) is 0 Å². The largest absolute Gasteiger partial charge is 0.339 e. The molecule has 0 bridgehead atoms. The lowest BCUT2D eigenvalue weighted by Gasteiger charge is -2.40. The van der Waals surface area contributed by atoms with E-state index in [0.717, 1.165) is 45.3 Å². The molecule has 2 aliphatic heterocycles. The zero-order chi connectivity index (χ0) is 13.2. The predicted octanol–water partition coefficient (Wildman–Crippen LogP) is 2.41. The second kappa shape index (κ2) is 5.60.